The van der Waals surface area contributed by atoms with E-state index in [0.29, 0.717) is 42.3 Å². The fourth-order valence-electron chi connectivity index (χ4n) is 5.53. The van der Waals surface area contributed by atoms with Gasteiger partial charge in [0.15, 0.2) is 17.2 Å². The molecular weight excluding hydrogens is 566 g/mol. The van der Waals surface area contributed by atoms with Crippen molar-refractivity contribution < 1.29 is 23.8 Å². The first kappa shape index (κ1) is 30.3. The zero-order valence-electron chi connectivity index (χ0n) is 25.6. The molecule has 2 aromatic carbocycles. The predicted molar refractivity (Wildman–Crippen MR) is 161 cm³/mol. The molecular formula is C31H35N7O6. The molecule has 1 amide bonds. The minimum atomic E-state index is -0.790. The van der Waals surface area contributed by atoms with Gasteiger partial charge in [-0.2, -0.15) is 5.21 Å². The summed E-state index contributed by atoms with van der Waals surface area (Å²) in [5, 5.41) is 12.5. The monoisotopic (exact) mass is 601 g/mol. The van der Waals surface area contributed by atoms with E-state index >= 15 is 0 Å². The van der Waals surface area contributed by atoms with Gasteiger partial charge in [0, 0.05) is 31.3 Å². The Labute approximate surface area is 253 Å². The lowest BCUT2D eigenvalue weighted by Gasteiger charge is -2.25. The second kappa shape index (κ2) is 12.6. The first-order valence-electron chi connectivity index (χ1n) is 14.2. The Morgan fingerprint density at radius 3 is 2.43 bits per heavy atom. The molecule has 13 nitrogen and oxygen atoms in total. The summed E-state index contributed by atoms with van der Waals surface area (Å²) in [6.45, 7) is 9.04. The molecule has 4 aromatic rings. The van der Waals surface area contributed by atoms with Gasteiger partial charge < -0.3 is 19.5 Å². The predicted octanol–water partition coefficient (Wildman–Crippen LogP) is 2.77. The van der Waals surface area contributed by atoms with Crippen molar-refractivity contribution in [1.82, 2.24) is 29.9 Å². The molecule has 0 radical (unpaired) electrons. The lowest BCUT2D eigenvalue weighted by molar-refractivity contribution is 0.0589. The lowest BCUT2D eigenvalue weighted by atomic mass is 9.97. The van der Waals surface area contributed by atoms with E-state index < -0.39 is 11.9 Å². The number of esters is 1. The van der Waals surface area contributed by atoms with Gasteiger partial charge >= 0.3 is 11.7 Å². The van der Waals surface area contributed by atoms with Gasteiger partial charge in [-0.25, -0.2) is 14.6 Å². The molecule has 1 aliphatic rings. The van der Waals surface area contributed by atoms with Crippen molar-refractivity contribution in [3.8, 4) is 22.8 Å². The molecule has 5 rings (SSSR count). The highest BCUT2D eigenvalue weighted by molar-refractivity contribution is 6.02. The molecule has 13 heteroatoms. The smallest absolute Gasteiger partial charge is 0.361 e. The van der Waals surface area contributed by atoms with Gasteiger partial charge in [-0.05, 0) is 62.9 Å². The van der Waals surface area contributed by atoms with Gasteiger partial charge in [0.05, 0.1) is 32.2 Å². The number of H-pyrrole nitrogens is 1. The van der Waals surface area contributed by atoms with Crippen molar-refractivity contribution in [2.75, 3.05) is 27.4 Å². The van der Waals surface area contributed by atoms with Crippen molar-refractivity contribution in [2.45, 2.75) is 47.2 Å². The number of ether oxygens (including phenoxy) is 3. The van der Waals surface area contributed by atoms with Crippen LogP contribution < -0.4 is 26.0 Å². The topological polar surface area (TPSA) is 155 Å². The van der Waals surface area contributed by atoms with E-state index in [9.17, 15) is 14.4 Å². The number of nitrogens with zero attached hydrogens (tertiary/aromatic N) is 5. The van der Waals surface area contributed by atoms with E-state index in [0.717, 1.165) is 33.5 Å². The Bertz CT molecular complexity index is 1860. The molecule has 230 valence electrons. The summed E-state index contributed by atoms with van der Waals surface area (Å²) in [6, 6.07) is 9.87. The minimum absolute atomic E-state index is 0.0576. The Morgan fingerprint density at radius 1 is 1.02 bits per heavy atom. The van der Waals surface area contributed by atoms with E-state index in [1.54, 1.807) is 16.2 Å². The van der Waals surface area contributed by atoms with Crippen LogP contribution >= 0.6 is 0 Å². The van der Waals surface area contributed by atoms with Crippen molar-refractivity contribution in [3.05, 3.63) is 79.9 Å². The van der Waals surface area contributed by atoms with Crippen molar-refractivity contribution in [2.24, 2.45) is 4.99 Å². The summed E-state index contributed by atoms with van der Waals surface area (Å²) < 4.78 is 19.3. The van der Waals surface area contributed by atoms with Crippen molar-refractivity contribution in [1.29, 1.82) is 0 Å². The number of amides is 1. The number of carbonyl (C=O) groups excluding carboxylic acids is 2. The maximum atomic E-state index is 14.1. The molecule has 3 heterocycles. The van der Waals surface area contributed by atoms with Crippen LogP contribution in [0.15, 0.2) is 40.1 Å². The quantitative estimate of drug-likeness (QED) is 0.278. The van der Waals surface area contributed by atoms with Crippen LogP contribution in [0, 0.1) is 20.8 Å². The van der Waals surface area contributed by atoms with Crippen molar-refractivity contribution in [3.63, 3.8) is 0 Å². The standard InChI is InChI=1S/C31H35N7O6/c1-7-44-24-14-20-8-10-37-22(21(20)15-23(24)42-5)16-25(33-26-18(3)12-17(2)13-19(26)4)38(31(37)41)11-9-32-29(39)27-28(30(40)43-6)35-36-34-27/h12-16H,7-11H2,1-6H3,(H,32,39)(H,34,35,36). The number of hydrogen-bond donors (Lipinski definition) is 2. The third kappa shape index (κ3) is 5.72. The maximum absolute atomic E-state index is 14.1. The lowest BCUT2D eigenvalue weighted by Crippen LogP contribution is -2.44. The Kier molecular flexibility index (Phi) is 8.65. The third-order valence-corrected chi connectivity index (χ3v) is 7.49. The van der Waals surface area contributed by atoms with Crippen LogP contribution in [0.1, 0.15) is 50.2 Å². The van der Waals surface area contributed by atoms with Gasteiger partial charge in [-0.15, -0.1) is 10.2 Å². The molecule has 0 spiro atoms. The molecule has 44 heavy (non-hydrogen) atoms. The average molecular weight is 602 g/mol. The fourth-order valence-corrected chi connectivity index (χ4v) is 5.53. The van der Waals surface area contributed by atoms with Gasteiger partial charge in [0.25, 0.3) is 5.91 Å². The van der Waals surface area contributed by atoms with E-state index in [2.05, 4.69) is 25.5 Å². The highest BCUT2D eigenvalue weighted by Gasteiger charge is 2.24. The molecule has 2 aromatic heterocycles. The Balaban J connectivity index is 1.60. The number of nitrogens with one attached hydrogen (secondary N) is 2. The summed E-state index contributed by atoms with van der Waals surface area (Å²) in [7, 11) is 2.78. The normalized spacial score (nSPS) is 12.4. The Hall–Kier alpha value is -5.20. The Morgan fingerprint density at radius 2 is 1.75 bits per heavy atom. The first-order valence-corrected chi connectivity index (χ1v) is 14.2. The number of aromatic nitrogens is 5. The number of carbonyl (C=O) groups is 2. The molecule has 0 atom stereocenters. The number of aromatic amines is 1. The highest BCUT2D eigenvalue weighted by atomic mass is 16.5. The zero-order chi connectivity index (χ0) is 31.5. The van der Waals surface area contributed by atoms with Crippen LogP contribution in [-0.2, 0) is 24.2 Å². The molecule has 0 aliphatic carbocycles. The number of methoxy groups -OCH3 is 2. The highest BCUT2D eigenvalue weighted by Crippen LogP contribution is 2.37. The average Bonchev–Trinajstić information content (AvgIpc) is 3.50. The molecule has 0 fully saturated rings. The van der Waals surface area contributed by atoms with E-state index in [1.165, 1.54) is 7.11 Å². The van der Waals surface area contributed by atoms with Crippen molar-refractivity contribution >= 4 is 17.6 Å². The van der Waals surface area contributed by atoms with Gasteiger partial charge in [-0.3, -0.25) is 13.9 Å². The number of rotatable bonds is 9. The second-order valence-corrected chi connectivity index (χ2v) is 10.4. The van der Waals surface area contributed by atoms with Gasteiger partial charge in [0.1, 0.15) is 5.49 Å². The summed E-state index contributed by atoms with van der Waals surface area (Å²) in [6.07, 6.45) is 0.623. The summed E-state index contributed by atoms with van der Waals surface area (Å²) >= 11 is 0. The first-order chi connectivity index (χ1) is 21.2. The summed E-state index contributed by atoms with van der Waals surface area (Å²) in [5.41, 5.74) is 6.19. The van der Waals surface area contributed by atoms with Crippen LogP contribution in [0.4, 0.5) is 5.69 Å². The minimum Gasteiger partial charge on any atom is -0.493 e. The summed E-state index contributed by atoms with van der Waals surface area (Å²) in [4.78, 5) is 43.9. The molecule has 1 aliphatic heterocycles. The largest absolute Gasteiger partial charge is 0.493 e. The molecule has 2 N–H and O–H groups in total. The van der Waals surface area contributed by atoms with Gasteiger partial charge in [0.2, 0.25) is 5.69 Å². The number of benzene rings is 2. The van der Waals surface area contributed by atoms with Crippen LogP contribution in [0.2, 0.25) is 0 Å². The number of fused-ring (bicyclic) bond motifs is 3. The van der Waals surface area contributed by atoms with E-state index in [-0.39, 0.29) is 30.2 Å². The SMILES string of the molecule is CCOc1cc2c(cc1OC)-c1cc(=Nc3c(C)cc(C)cc3C)n(CCNC(=O)c3n[nH]nc3C(=O)OC)c(=O)n1CC2. The van der Waals surface area contributed by atoms with E-state index in [4.69, 9.17) is 14.5 Å². The zero-order valence-corrected chi connectivity index (χ0v) is 25.6. The molecule has 0 saturated heterocycles. The van der Waals surface area contributed by atoms with Gasteiger partial charge in [-0.1, -0.05) is 17.7 Å². The third-order valence-electron chi connectivity index (χ3n) is 7.49. The molecule has 0 bridgehead atoms. The number of aryl methyl sites for hydroxylation is 4. The van der Waals surface area contributed by atoms with Crippen LogP contribution in [-0.4, -0.2) is 63.8 Å². The maximum Gasteiger partial charge on any atom is 0.361 e. The molecule has 0 unspecified atom stereocenters. The second-order valence-electron chi connectivity index (χ2n) is 10.4. The summed E-state index contributed by atoms with van der Waals surface area (Å²) in [5.74, 6) is -0.188. The molecule has 0 saturated carbocycles. The van der Waals surface area contributed by atoms with E-state index in [1.807, 2.05) is 58.0 Å². The van der Waals surface area contributed by atoms with Crippen LogP contribution in [0.5, 0.6) is 11.5 Å². The fraction of sp³-hybridized carbons (Fsp3) is 0.355. The van der Waals surface area contributed by atoms with Crippen LogP contribution in [0.25, 0.3) is 11.3 Å². The number of hydrogen-bond acceptors (Lipinski definition) is 9. The van der Waals surface area contributed by atoms with Crippen LogP contribution in [0.3, 0.4) is 0 Å².